The van der Waals surface area contributed by atoms with Crippen LogP contribution in [0.2, 0.25) is 0 Å². The van der Waals surface area contributed by atoms with E-state index in [-0.39, 0.29) is 17.7 Å². The summed E-state index contributed by atoms with van der Waals surface area (Å²) >= 11 is 1.26. The van der Waals surface area contributed by atoms with E-state index in [0.29, 0.717) is 11.1 Å². The molecule has 1 aromatic heterocycles. The molecule has 0 saturated heterocycles. The minimum Gasteiger partial charge on any atom is -0.411 e. The van der Waals surface area contributed by atoms with Gasteiger partial charge in [-0.2, -0.15) is 0 Å². The van der Waals surface area contributed by atoms with Crippen LogP contribution in [-0.4, -0.2) is 27.9 Å². The van der Waals surface area contributed by atoms with Crippen LogP contribution >= 0.6 is 11.8 Å². The van der Waals surface area contributed by atoms with Crippen LogP contribution < -0.4 is 4.90 Å². The fourth-order valence-electron chi connectivity index (χ4n) is 2.70. The van der Waals surface area contributed by atoms with Crippen molar-refractivity contribution >= 4 is 23.4 Å². The van der Waals surface area contributed by atoms with E-state index in [1.165, 1.54) is 11.8 Å². The van der Waals surface area contributed by atoms with Crippen LogP contribution in [0.5, 0.6) is 0 Å². The van der Waals surface area contributed by atoms with Crippen molar-refractivity contribution in [3.63, 3.8) is 0 Å². The predicted octanol–water partition coefficient (Wildman–Crippen LogP) is 4.58. The molecule has 0 radical (unpaired) electrons. The number of para-hydroxylation sites is 1. The lowest BCUT2D eigenvalue weighted by atomic mass is 10.1. The average molecular weight is 367 g/mol. The fraction of sp³-hybridized carbons (Fsp3) is 0.250. The molecule has 0 saturated carbocycles. The first-order valence-electron chi connectivity index (χ1n) is 8.45. The number of nitrogens with zero attached hydrogens (tertiary/aromatic N) is 3. The van der Waals surface area contributed by atoms with E-state index < -0.39 is 0 Å². The van der Waals surface area contributed by atoms with Gasteiger partial charge >= 0.3 is 0 Å². The van der Waals surface area contributed by atoms with E-state index in [2.05, 4.69) is 10.2 Å². The number of aryl methyl sites for hydroxylation is 1. The van der Waals surface area contributed by atoms with Gasteiger partial charge < -0.3 is 9.32 Å². The molecule has 2 aromatic carbocycles. The number of carbonyl (C=O) groups is 1. The van der Waals surface area contributed by atoms with E-state index in [1.54, 1.807) is 4.90 Å². The van der Waals surface area contributed by atoms with Gasteiger partial charge in [0.25, 0.3) is 5.22 Å². The Morgan fingerprint density at radius 1 is 1.08 bits per heavy atom. The summed E-state index contributed by atoms with van der Waals surface area (Å²) in [7, 11) is 0. The molecule has 26 heavy (non-hydrogen) atoms. The van der Waals surface area contributed by atoms with Crippen molar-refractivity contribution in [1.29, 1.82) is 0 Å². The van der Waals surface area contributed by atoms with Crippen molar-refractivity contribution in [3.05, 3.63) is 60.2 Å². The third-order valence-electron chi connectivity index (χ3n) is 3.92. The number of amides is 1. The van der Waals surface area contributed by atoms with Gasteiger partial charge in [0.2, 0.25) is 11.8 Å². The largest absolute Gasteiger partial charge is 0.411 e. The molecule has 1 amide bonds. The maximum Gasteiger partial charge on any atom is 0.277 e. The number of carbonyl (C=O) groups excluding carboxylic acids is 1. The molecule has 3 rings (SSSR count). The van der Waals surface area contributed by atoms with Gasteiger partial charge in [-0.3, -0.25) is 4.79 Å². The molecule has 0 fully saturated rings. The van der Waals surface area contributed by atoms with Gasteiger partial charge in [-0.1, -0.05) is 48.2 Å². The number of thioether (sulfide) groups is 1. The maximum atomic E-state index is 12.7. The van der Waals surface area contributed by atoms with Gasteiger partial charge in [0.05, 0.1) is 5.75 Å². The number of aromatic nitrogens is 2. The third-order valence-corrected chi connectivity index (χ3v) is 4.72. The van der Waals surface area contributed by atoms with Crippen molar-refractivity contribution in [2.75, 3.05) is 10.7 Å². The molecule has 0 aliphatic heterocycles. The van der Waals surface area contributed by atoms with Crippen LogP contribution in [0.4, 0.5) is 5.69 Å². The van der Waals surface area contributed by atoms with Gasteiger partial charge in [-0.05, 0) is 44.5 Å². The second-order valence-electron chi connectivity index (χ2n) is 6.17. The second kappa shape index (κ2) is 8.19. The summed E-state index contributed by atoms with van der Waals surface area (Å²) in [6.07, 6.45) is 0. The van der Waals surface area contributed by atoms with Gasteiger partial charge in [-0.15, -0.1) is 10.2 Å². The average Bonchev–Trinajstić information content (AvgIpc) is 3.10. The van der Waals surface area contributed by atoms with Crippen molar-refractivity contribution in [2.24, 2.45) is 0 Å². The van der Waals surface area contributed by atoms with Crippen molar-refractivity contribution in [3.8, 4) is 11.5 Å². The van der Waals surface area contributed by atoms with Crippen molar-refractivity contribution in [2.45, 2.75) is 32.0 Å². The molecule has 1 heterocycles. The van der Waals surface area contributed by atoms with Crippen LogP contribution in [-0.2, 0) is 4.79 Å². The summed E-state index contributed by atoms with van der Waals surface area (Å²) in [4.78, 5) is 14.5. The molecule has 134 valence electrons. The lowest BCUT2D eigenvalue weighted by molar-refractivity contribution is -0.116. The Bertz CT molecular complexity index is 878. The summed E-state index contributed by atoms with van der Waals surface area (Å²) in [6.45, 7) is 5.99. The maximum absolute atomic E-state index is 12.7. The molecule has 0 aliphatic carbocycles. The quantitative estimate of drug-likeness (QED) is 0.597. The normalized spacial score (nSPS) is 10.9. The van der Waals surface area contributed by atoms with Crippen molar-refractivity contribution in [1.82, 2.24) is 10.2 Å². The SMILES string of the molecule is Cc1ccccc1-c1nnc(SCC(=O)N(c2ccccc2)C(C)C)o1. The monoisotopic (exact) mass is 367 g/mol. The predicted molar refractivity (Wildman–Crippen MR) is 104 cm³/mol. The summed E-state index contributed by atoms with van der Waals surface area (Å²) in [5.74, 6) is 0.719. The Kier molecular flexibility index (Phi) is 5.73. The van der Waals surface area contributed by atoms with E-state index in [4.69, 9.17) is 4.42 Å². The molecule has 0 atom stereocenters. The Morgan fingerprint density at radius 2 is 1.77 bits per heavy atom. The highest BCUT2D eigenvalue weighted by Crippen LogP contribution is 2.26. The van der Waals surface area contributed by atoms with Gasteiger partial charge in [0.1, 0.15) is 0 Å². The van der Waals surface area contributed by atoms with Gasteiger partial charge in [0, 0.05) is 17.3 Å². The standard InChI is InChI=1S/C20H21N3O2S/c1-14(2)23(16-10-5-4-6-11-16)18(24)13-26-20-22-21-19(25-20)17-12-8-7-9-15(17)3/h4-12,14H,13H2,1-3H3. The Balaban J connectivity index is 1.69. The first-order chi connectivity index (χ1) is 12.6. The first-order valence-corrected chi connectivity index (χ1v) is 9.44. The minimum absolute atomic E-state index is 0.00633. The highest BCUT2D eigenvalue weighted by atomic mass is 32.2. The molecule has 3 aromatic rings. The van der Waals surface area contributed by atoms with Gasteiger partial charge in [0.15, 0.2) is 0 Å². The lowest BCUT2D eigenvalue weighted by Gasteiger charge is -2.26. The Morgan fingerprint density at radius 3 is 2.46 bits per heavy atom. The van der Waals surface area contributed by atoms with Crippen LogP contribution in [0.1, 0.15) is 19.4 Å². The van der Waals surface area contributed by atoms with Crippen LogP contribution in [0, 0.1) is 6.92 Å². The second-order valence-corrected chi connectivity index (χ2v) is 7.10. The molecule has 0 spiro atoms. The smallest absolute Gasteiger partial charge is 0.277 e. The minimum atomic E-state index is 0.00633. The molecule has 0 aliphatic rings. The Hall–Kier alpha value is -2.60. The molecule has 6 heteroatoms. The van der Waals surface area contributed by atoms with Crippen molar-refractivity contribution < 1.29 is 9.21 Å². The zero-order valence-corrected chi connectivity index (χ0v) is 15.9. The lowest BCUT2D eigenvalue weighted by Crippen LogP contribution is -2.38. The van der Waals surface area contributed by atoms with Crippen LogP contribution in [0.25, 0.3) is 11.5 Å². The van der Waals surface area contributed by atoms with Gasteiger partial charge in [-0.25, -0.2) is 0 Å². The highest BCUT2D eigenvalue weighted by Gasteiger charge is 2.20. The summed E-state index contributed by atoms with van der Waals surface area (Å²) in [5, 5.41) is 8.56. The summed E-state index contributed by atoms with van der Waals surface area (Å²) in [5.41, 5.74) is 2.87. The number of hydrogen-bond acceptors (Lipinski definition) is 5. The molecular formula is C20H21N3O2S. The molecule has 0 N–H and O–H groups in total. The van der Waals surface area contributed by atoms with E-state index in [0.717, 1.165) is 16.8 Å². The molecule has 5 nitrogen and oxygen atoms in total. The molecule has 0 bridgehead atoms. The van der Waals surface area contributed by atoms with E-state index in [9.17, 15) is 4.79 Å². The zero-order valence-electron chi connectivity index (χ0n) is 15.0. The number of rotatable bonds is 6. The topological polar surface area (TPSA) is 59.2 Å². The number of benzene rings is 2. The Labute approximate surface area is 157 Å². The summed E-state index contributed by atoms with van der Waals surface area (Å²) < 4.78 is 5.72. The first kappa shape index (κ1) is 18.2. The molecule has 0 unspecified atom stereocenters. The number of anilines is 1. The third kappa shape index (κ3) is 4.14. The fourth-order valence-corrected chi connectivity index (χ4v) is 3.32. The number of hydrogen-bond donors (Lipinski definition) is 0. The summed E-state index contributed by atoms with van der Waals surface area (Å²) in [6, 6.07) is 17.6. The van der Waals surface area contributed by atoms with E-state index >= 15 is 0 Å². The van der Waals surface area contributed by atoms with Crippen LogP contribution in [0.15, 0.2) is 64.2 Å². The zero-order chi connectivity index (χ0) is 18.5. The van der Waals surface area contributed by atoms with Crippen LogP contribution in [0.3, 0.4) is 0 Å². The molecular weight excluding hydrogens is 346 g/mol. The van der Waals surface area contributed by atoms with E-state index in [1.807, 2.05) is 75.4 Å². The highest BCUT2D eigenvalue weighted by molar-refractivity contribution is 7.99.